The van der Waals surface area contributed by atoms with E-state index in [0.29, 0.717) is 32.3 Å². The molecule has 0 atom stereocenters. The van der Waals surface area contributed by atoms with Gasteiger partial charge in [-0.15, -0.1) is 11.8 Å². The van der Waals surface area contributed by atoms with E-state index in [4.69, 9.17) is 23.2 Å². The van der Waals surface area contributed by atoms with Crippen LogP contribution in [-0.2, 0) is 5.75 Å². The van der Waals surface area contributed by atoms with Crippen molar-refractivity contribution in [3.8, 4) is 0 Å². The second kappa shape index (κ2) is 6.64. The van der Waals surface area contributed by atoms with Gasteiger partial charge in [-0.3, -0.25) is 0 Å². The number of aromatic carboxylic acids is 1. The summed E-state index contributed by atoms with van der Waals surface area (Å²) in [6.07, 6.45) is 0. The van der Waals surface area contributed by atoms with Gasteiger partial charge < -0.3 is 5.11 Å². The molecule has 0 aliphatic carbocycles. The molecule has 4 nitrogen and oxygen atoms in total. The van der Waals surface area contributed by atoms with Crippen molar-refractivity contribution in [1.29, 1.82) is 0 Å². The summed E-state index contributed by atoms with van der Waals surface area (Å²) in [6.45, 7) is 3.41. The number of aromatic nitrogens is 2. The standard InChI is InChI=1S/C14H12Cl2N2O2S/c1-7-12(14(19)20)13(18-8(2)17-7)21-6-9-3-4-10(15)11(16)5-9/h3-5H,6H2,1-2H3,(H,19,20). The van der Waals surface area contributed by atoms with E-state index >= 15 is 0 Å². The van der Waals surface area contributed by atoms with Gasteiger partial charge in [0.05, 0.1) is 15.7 Å². The number of benzene rings is 1. The van der Waals surface area contributed by atoms with E-state index < -0.39 is 5.97 Å². The molecule has 0 spiro atoms. The molecule has 2 aromatic rings. The van der Waals surface area contributed by atoms with Crippen LogP contribution < -0.4 is 0 Å². The van der Waals surface area contributed by atoms with Gasteiger partial charge in [0.25, 0.3) is 0 Å². The lowest BCUT2D eigenvalue weighted by Gasteiger charge is -2.09. The molecule has 7 heteroatoms. The third-order valence-electron chi connectivity index (χ3n) is 2.74. The van der Waals surface area contributed by atoms with Gasteiger partial charge in [-0.25, -0.2) is 14.8 Å². The third kappa shape index (κ3) is 3.87. The van der Waals surface area contributed by atoms with Crippen molar-refractivity contribution >= 4 is 40.9 Å². The van der Waals surface area contributed by atoms with E-state index in [9.17, 15) is 9.90 Å². The molecule has 0 aliphatic heterocycles. The molecular formula is C14H12Cl2N2O2S. The highest BCUT2D eigenvalue weighted by Crippen LogP contribution is 2.29. The Kier molecular flexibility index (Phi) is 5.08. The van der Waals surface area contributed by atoms with Crippen LogP contribution in [0.15, 0.2) is 23.2 Å². The molecule has 1 heterocycles. The predicted molar refractivity (Wildman–Crippen MR) is 84.5 cm³/mol. The fraction of sp³-hybridized carbons (Fsp3) is 0.214. The Morgan fingerprint density at radius 3 is 2.57 bits per heavy atom. The normalized spacial score (nSPS) is 10.7. The first kappa shape index (κ1) is 16.1. The topological polar surface area (TPSA) is 63.1 Å². The minimum Gasteiger partial charge on any atom is -0.478 e. The Bertz CT molecular complexity index is 708. The Morgan fingerprint density at radius 2 is 1.95 bits per heavy atom. The zero-order valence-electron chi connectivity index (χ0n) is 11.4. The highest BCUT2D eigenvalue weighted by Gasteiger charge is 2.17. The van der Waals surface area contributed by atoms with Crippen LogP contribution in [-0.4, -0.2) is 21.0 Å². The van der Waals surface area contributed by atoms with Gasteiger partial charge >= 0.3 is 5.97 Å². The molecule has 0 saturated carbocycles. The molecule has 1 aromatic heterocycles. The maximum Gasteiger partial charge on any atom is 0.340 e. The van der Waals surface area contributed by atoms with E-state index in [1.807, 2.05) is 6.07 Å². The monoisotopic (exact) mass is 342 g/mol. The lowest BCUT2D eigenvalue weighted by atomic mass is 10.2. The van der Waals surface area contributed by atoms with Crippen molar-refractivity contribution in [2.75, 3.05) is 0 Å². The van der Waals surface area contributed by atoms with Crippen LogP contribution in [0.1, 0.15) is 27.4 Å². The number of halogens is 2. The summed E-state index contributed by atoms with van der Waals surface area (Å²) < 4.78 is 0. The zero-order valence-corrected chi connectivity index (χ0v) is 13.7. The molecule has 1 aromatic carbocycles. The first-order valence-electron chi connectivity index (χ1n) is 6.03. The smallest absolute Gasteiger partial charge is 0.340 e. The molecule has 0 unspecified atom stereocenters. The third-order valence-corrected chi connectivity index (χ3v) is 4.53. The largest absolute Gasteiger partial charge is 0.478 e. The summed E-state index contributed by atoms with van der Waals surface area (Å²) in [5.74, 6) is 0.0749. The van der Waals surface area contributed by atoms with Gasteiger partial charge in [-0.2, -0.15) is 0 Å². The summed E-state index contributed by atoms with van der Waals surface area (Å²) in [5, 5.41) is 10.7. The van der Waals surface area contributed by atoms with Crippen LogP contribution in [0.2, 0.25) is 10.0 Å². The SMILES string of the molecule is Cc1nc(C)c(C(=O)O)c(SCc2ccc(Cl)c(Cl)c2)n1. The van der Waals surface area contributed by atoms with Gasteiger partial charge in [0.2, 0.25) is 0 Å². The van der Waals surface area contributed by atoms with Crippen molar-refractivity contribution in [2.24, 2.45) is 0 Å². The lowest BCUT2D eigenvalue weighted by Crippen LogP contribution is -2.08. The molecule has 0 bridgehead atoms. The van der Waals surface area contributed by atoms with Crippen LogP contribution in [0.4, 0.5) is 0 Å². The van der Waals surface area contributed by atoms with Crippen LogP contribution in [0.3, 0.4) is 0 Å². The molecular weight excluding hydrogens is 331 g/mol. The Labute approximate surface area is 136 Å². The fourth-order valence-electron chi connectivity index (χ4n) is 1.81. The maximum atomic E-state index is 11.3. The highest BCUT2D eigenvalue weighted by molar-refractivity contribution is 7.98. The minimum atomic E-state index is -1.02. The van der Waals surface area contributed by atoms with Crippen LogP contribution in [0.25, 0.3) is 0 Å². The summed E-state index contributed by atoms with van der Waals surface area (Å²) >= 11 is 13.2. The predicted octanol–water partition coefficient (Wildman–Crippen LogP) is 4.39. The van der Waals surface area contributed by atoms with E-state index in [1.165, 1.54) is 11.8 Å². The van der Waals surface area contributed by atoms with Gasteiger partial charge in [0, 0.05) is 5.75 Å². The summed E-state index contributed by atoms with van der Waals surface area (Å²) in [5.41, 5.74) is 1.55. The number of carboxylic acids is 1. The number of carbonyl (C=O) groups is 1. The van der Waals surface area contributed by atoms with Gasteiger partial charge in [-0.05, 0) is 31.5 Å². The molecule has 2 rings (SSSR count). The molecule has 21 heavy (non-hydrogen) atoms. The van der Waals surface area contributed by atoms with E-state index in [1.54, 1.807) is 26.0 Å². The quantitative estimate of drug-likeness (QED) is 0.659. The van der Waals surface area contributed by atoms with Crippen molar-refractivity contribution < 1.29 is 9.90 Å². The Balaban J connectivity index is 2.27. The van der Waals surface area contributed by atoms with Crippen LogP contribution in [0.5, 0.6) is 0 Å². The maximum absolute atomic E-state index is 11.3. The number of nitrogens with zero attached hydrogens (tertiary/aromatic N) is 2. The molecule has 110 valence electrons. The van der Waals surface area contributed by atoms with Crippen molar-refractivity contribution in [3.05, 3.63) is 50.9 Å². The van der Waals surface area contributed by atoms with E-state index in [2.05, 4.69) is 9.97 Å². The second-order valence-electron chi connectivity index (χ2n) is 4.38. The van der Waals surface area contributed by atoms with Crippen molar-refractivity contribution in [2.45, 2.75) is 24.6 Å². The number of hydrogen-bond donors (Lipinski definition) is 1. The number of thioether (sulfide) groups is 1. The van der Waals surface area contributed by atoms with Gasteiger partial charge in [0.15, 0.2) is 0 Å². The summed E-state index contributed by atoms with van der Waals surface area (Å²) in [7, 11) is 0. The Hall–Kier alpha value is -1.30. The minimum absolute atomic E-state index is 0.144. The summed E-state index contributed by atoms with van der Waals surface area (Å²) in [4.78, 5) is 19.6. The molecule has 0 fully saturated rings. The van der Waals surface area contributed by atoms with E-state index in [0.717, 1.165) is 5.56 Å². The molecule has 0 saturated heterocycles. The molecule has 0 aliphatic rings. The van der Waals surface area contributed by atoms with Crippen LogP contribution in [0, 0.1) is 13.8 Å². The van der Waals surface area contributed by atoms with Crippen molar-refractivity contribution in [3.63, 3.8) is 0 Å². The number of hydrogen-bond acceptors (Lipinski definition) is 4. The van der Waals surface area contributed by atoms with Crippen LogP contribution >= 0.6 is 35.0 Å². The molecule has 0 radical (unpaired) electrons. The average Bonchev–Trinajstić information content (AvgIpc) is 2.38. The number of carboxylic acid groups (broad SMARTS) is 1. The average molecular weight is 343 g/mol. The lowest BCUT2D eigenvalue weighted by molar-refractivity contribution is 0.0690. The Morgan fingerprint density at radius 1 is 1.24 bits per heavy atom. The fourth-order valence-corrected chi connectivity index (χ4v) is 3.19. The van der Waals surface area contributed by atoms with Crippen molar-refractivity contribution in [1.82, 2.24) is 9.97 Å². The summed E-state index contributed by atoms with van der Waals surface area (Å²) in [6, 6.07) is 5.33. The first-order chi connectivity index (χ1) is 9.88. The number of rotatable bonds is 4. The van der Waals surface area contributed by atoms with Gasteiger partial charge in [0.1, 0.15) is 16.4 Å². The zero-order chi connectivity index (χ0) is 15.6. The van der Waals surface area contributed by atoms with E-state index in [-0.39, 0.29) is 5.56 Å². The number of aryl methyl sites for hydroxylation is 2. The first-order valence-corrected chi connectivity index (χ1v) is 7.78. The second-order valence-corrected chi connectivity index (χ2v) is 6.16. The van der Waals surface area contributed by atoms with Gasteiger partial charge in [-0.1, -0.05) is 29.3 Å². The highest BCUT2D eigenvalue weighted by atomic mass is 35.5. The molecule has 0 amide bonds. The molecule has 1 N–H and O–H groups in total.